The second-order valence-corrected chi connectivity index (χ2v) is 12.1. The first-order valence-electron chi connectivity index (χ1n) is 13.2. The first-order chi connectivity index (χ1) is 18.7. The van der Waals surface area contributed by atoms with Crippen LogP contribution in [0.25, 0.3) is 0 Å². The lowest BCUT2D eigenvalue weighted by molar-refractivity contribution is -0.146. The van der Waals surface area contributed by atoms with Crippen molar-refractivity contribution in [1.82, 2.24) is 0 Å². The molecule has 0 bridgehead atoms. The van der Waals surface area contributed by atoms with Crippen LogP contribution in [0.4, 0.5) is 0 Å². The zero-order chi connectivity index (χ0) is 28.4. The van der Waals surface area contributed by atoms with Crippen molar-refractivity contribution in [1.29, 1.82) is 0 Å². The standard InChI is InChI=1S/C14H17ClO5S.C14H18O3S/c1-2-19-14(16)9-20-12-7-8-13(21(15,17)18)11-6-4-3-5-10(11)12;1-2-16-14(15)9-17-12-7-8-13(18)11-6-4-3-5-10(11)12/h7-8H,2-6,9H2,1H3;7-8,18H,2-6,9H2,1H3. The van der Waals surface area contributed by atoms with E-state index in [2.05, 4.69) is 12.6 Å². The molecule has 0 N–H and O–H groups in total. The molecule has 39 heavy (non-hydrogen) atoms. The maximum Gasteiger partial charge on any atom is 0.344 e. The van der Waals surface area contributed by atoms with Gasteiger partial charge in [0.05, 0.1) is 18.1 Å². The van der Waals surface area contributed by atoms with Crippen LogP contribution in [0.5, 0.6) is 11.5 Å². The average Bonchev–Trinajstić information content (AvgIpc) is 2.91. The Labute approximate surface area is 240 Å². The van der Waals surface area contributed by atoms with Gasteiger partial charge in [0, 0.05) is 15.6 Å². The molecule has 2 aromatic carbocycles. The average molecular weight is 599 g/mol. The first-order valence-corrected chi connectivity index (χ1v) is 15.9. The van der Waals surface area contributed by atoms with Crippen molar-refractivity contribution in [3.8, 4) is 11.5 Å². The second-order valence-electron chi connectivity index (χ2n) is 9.10. The summed E-state index contributed by atoms with van der Waals surface area (Å²) < 4.78 is 43.9. The summed E-state index contributed by atoms with van der Waals surface area (Å²) >= 11 is 4.48. The molecule has 0 aliphatic heterocycles. The van der Waals surface area contributed by atoms with Crippen LogP contribution in [0, 0.1) is 0 Å². The van der Waals surface area contributed by atoms with E-state index in [-0.39, 0.29) is 24.1 Å². The van der Waals surface area contributed by atoms with Gasteiger partial charge in [0.1, 0.15) is 11.5 Å². The van der Waals surface area contributed by atoms with E-state index in [1.165, 1.54) is 30.0 Å². The number of benzene rings is 2. The lowest BCUT2D eigenvalue weighted by Gasteiger charge is -2.21. The highest BCUT2D eigenvalue weighted by atomic mass is 35.7. The van der Waals surface area contributed by atoms with Crippen LogP contribution >= 0.6 is 23.3 Å². The number of hydrogen-bond donors (Lipinski definition) is 1. The zero-order valence-electron chi connectivity index (χ0n) is 22.3. The van der Waals surface area contributed by atoms with Gasteiger partial charge in [0.15, 0.2) is 13.2 Å². The van der Waals surface area contributed by atoms with Crippen molar-refractivity contribution in [3.63, 3.8) is 0 Å². The van der Waals surface area contributed by atoms with Gasteiger partial charge in [-0.15, -0.1) is 12.6 Å². The fourth-order valence-corrected chi connectivity index (χ4v) is 6.30. The van der Waals surface area contributed by atoms with Gasteiger partial charge in [-0.2, -0.15) is 0 Å². The molecular weight excluding hydrogens is 564 g/mol. The number of ether oxygens (including phenoxy) is 4. The smallest absolute Gasteiger partial charge is 0.344 e. The van der Waals surface area contributed by atoms with Crippen molar-refractivity contribution in [3.05, 3.63) is 46.5 Å². The molecule has 2 aliphatic carbocycles. The normalized spacial score (nSPS) is 14.2. The van der Waals surface area contributed by atoms with E-state index >= 15 is 0 Å². The molecule has 11 heteroatoms. The summed E-state index contributed by atoms with van der Waals surface area (Å²) in [6, 6.07) is 6.82. The largest absolute Gasteiger partial charge is 0.482 e. The predicted octanol–water partition coefficient (Wildman–Crippen LogP) is 5.23. The van der Waals surface area contributed by atoms with Crippen LogP contribution in [0.15, 0.2) is 34.1 Å². The van der Waals surface area contributed by atoms with Crippen molar-refractivity contribution in [2.75, 3.05) is 26.4 Å². The molecule has 2 aromatic rings. The number of thiol groups is 1. The van der Waals surface area contributed by atoms with Crippen molar-refractivity contribution in [2.24, 2.45) is 0 Å². The quantitative estimate of drug-likeness (QED) is 0.238. The molecular formula is C28H35ClO8S2. The van der Waals surface area contributed by atoms with E-state index in [1.807, 2.05) is 12.1 Å². The molecule has 8 nitrogen and oxygen atoms in total. The number of fused-ring (bicyclic) bond motifs is 2. The van der Waals surface area contributed by atoms with Gasteiger partial charge in [-0.25, -0.2) is 18.0 Å². The Morgan fingerprint density at radius 3 is 1.67 bits per heavy atom. The Morgan fingerprint density at radius 1 is 0.744 bits per heavy atom. The number of halogens is 1. The first kappa shape index (κ1) is 31.1. The minimum atomic E-state index is -3.78. The molecule has 0 saturated heterocycles. The van der Waals surface area contributed by atoms with E-state index in [9.17, 15) is 18.0 Å². The molecule has 0 radical (unpaired) electrons. The third-order valence-electron chi connectivity index (χ3n) is 6.48. The van der Waals surface area contributed by atoms with Gasteiger partial charge in [0.2, 0.25) is 0 Å². The van der Waals surface area contributed by atoms with Crippen LogP contribution in [-0.2, 0) is 53.8 Å². The van der Waals surface area contributed by atoms with Gasteiger partial charge in [-0.3, -0.25) is 0 Å². The van der Waals surface area contributed by atoms with Crippen molar-refractivity contribution in [2.45, 2.75) is 75.0 Å². The molecule has 0 fully saturated rings. The van der Waals surface area contributed by atoms with Gasteiger partial charge in [0.25, 0.3) is 9.05 Å². The molecule has 2 aliphatic rings. The fourth-order valence-electron chi connectivity index (χ4n) is 4.79. The SMILES string of the molecule is CCOC(=O)COc1ccc(S(=O)(=O)Cl)c2c1CCCC2.CCOC(=O)COc1ccc(S)c2c1CCCC2. The Hall–Kier alpha value is -2.43. The number of rotatable bonds is 9. The van der Waals surface area contributed by atoms with E-state index in [4.69, 9.17) is 29.6 Å². The molecule has 4 rings (SSSR count). The third kappa shape index (κ3) is 8.78. The summed E-state index contributed by atoms with van der Waals surface area (Å²) in [6.07, 6.45) is 7.64. The summed E-state index contributed by atoms with van der Waals surface area (Å²) in [4.78, 5) is 23.8. The molecule has 0 unspecified atom stereocenters. The summed E-state index contributed by atoms with van der Waals surface area (Å²) in [5.41, 5.74) is 4.01. The topological polar surface area (TPSA) is 105 Å². The fraction of sp³-hybridized carbons (Fsp3) is 0.500. The lowest BCUT2D eigenvalue weighted by Crippen LogP contribution is -2.17. The number of hydrogen-bond acceptors (Lipinski definition) is 9. The maximum atomic E-state index is 11.6. The van der Waals surface area contributed by atoms with Gasteiger partial charge < -0.3 is 18.9 Å². The highest BCUT2D eigenvalue weighted by Crippen LogP contribution is 2.36. The van der Waals surface area contributed by atoms with E-state index in [0.29, 0.717) is 37.4 Å². The minimum absolute atomic E-state index is 0.0216. The van der Waals surface area contributed by atoms with E-state index in [1.54, 1.807) is 19.9 Å². The van der Waals surface area contributed by atoms with Crippen LogP contribution in [0.2, 0.25) is 0 Å². The molecule has 0 atom stereocenters. The Balaban J connectivity index is 0.000000218. The third-order valence-corrected chi connectivity index (χ3v) is 8.31. The lowest BCUT2D eigenvalue weighted by atomic mass is 9.91. The maximum absolute atomic E-state index is 11.6. The van der Waals surface area contributed by atoms with Crippen molar-refractivity contribution < 1.29 is 37.0 Å². The Bertz CT molecular complexity index is 1280. The highest BCUT2D eigenvalue weighted by Gasteiger charge is 2.24. The van der Waals surface area contributed by atoms with E-state index < -0.39 is 15.0 Å². The van der Waals surface area contributed by atoms with Gasteiger partial charge in [-0.05, 0) is 112 Å². The summed E-state index contributed by atoms with van der Waals surface area (Å²) in [5.74, 6) is 0.561. The van der Waals surface area contributed by atoms with Crippen LogP contribution < -0.4 is 9.47 Å². The van der Waals surface area contributed by atoms with Gasteiger partial charge in [-0.1, -0.05) is 0 Å². The second kappa shape index (κ2) is 14.8. The molecule has 0 spiro atoms. The number of esters is 2. The predicted molar refractivity (Wildman–Crippen MR) is 151 cm³/mol. The molecule has 214 valence electrons. The minimum Gasteiger partial charge on any atom is -0.482 e. The summed E-state index contributed by atoms with van der Waals surface area (Å²) in [5, 5.41) is 0. The van der Waals surface area contributed by atoms with E-state index in [0.717, 1.165) is 41.9 Å². The zero-order valence-corrected chi connectivity index (χ0v) is 24.8. The monoisotopic (exact) mass is 598 g/mol. The van der Waals surface area contributed by atoms with Crippen LogP contribution in [0.3, 0.4) is 0 Å². The summed E-state index contributed by atoms with van der Waals surface area (Å²) in [7, 11) is 1.70. The molecule has 0 amide bonds. The molecule has 0 aromatic heterocycles. The highest BCUT2D eigenvalue weighted by molar-refractivity contribution is 8.13. The number of carbonyl (C=O) groups is 2. The van der Waals surface area contributed by atoms with Gasteiger partial charge >= 0.3 is 11.9 Å². The summed E-state index contributed by atoms with van der Waals surface area (Å²) in [6.45, 7) is 3.98. The molecule has 0 heterocycles. The van der Waals surface area contributed by atoms with Crippen LogP contribution in [-0.4, -0.2) is 46.8 Å². The molecule has 0 saturated carbocycles. The van der Waals surface area contributed by atoms with Crippen LogP contribution in [0.1, 0.15) is 61.8 Å². The Kier molecular flexibility index (Phi) is 11.8. The Morgan fingerprint density at radius 2 is 1.18 bits per heavy atom. The van der Waals surface area contributed by atoms with Crippen molar-refractivity contribution >= 4 is 44.3 Å². The number of carbonyl (C=O) groups excluding carboxylic acids is 2.